The fourth-order valence-corrected chi connectivity index (χ4v) is 4.57. The van der Waals surface area contributed by atoms with Crippen molar-refractivity contribution >= 4 is 5.97 Å². The predicted molar refractivity (Wildman–Crippen MR) is 108 cm³/mol. The zero-order chi connectivity index (χ0) is 21.8. The smallest absolute Gasteiger partial charge is 0.387 e. The Bertz CT molecular complexity index is 1080. The molecule has 1 atom stereocenters. The van der Waals surface area contributed by atoms with Gasteiger partial charge in [-0.1, -0.05) is 0 Å². The average Bonchev–Trinajstić information content (AvgIpc) is 2.98. The number of pyridine rings is 1. The first kappa shape index (κ1) is 20.4. The minimum absolute atomic E-state index is 0.0145. The minimum atomic E-state index is -2.94. The lowest BCUT2D eigenvalue weighted by Gasteiger charge is -2.44. The summed E-state index contributed by atoms with van der Waals surface area (Å²) in [6.07, 6.45) is 3.26. The van der Waals surface area contributed by atoms with Crippen molar-refractivity contribution in [2.45, 2.75) is 58.7 Å². The van der Waals surface area contributed by atoms with Crippen LogP contribution in [0, 0.1) is 6.92 Å². The Morgan fingerprint density at radius 3 is 2.70 bits per heavy atom. The van der Waals surface area contributed by atoms with E-state index in [1.54, 1.807) is 24.6 Å². The third-order valence-corrected chi connectivity index (χ3v) is 5.90. The molecule has 8 heteroatoms. The van der Waals surface area contributed by atoms with Crippen molar-refractivity contribution in [3.63, 3.8) is 0 Å². The number of esters is 1. The van der Waals surface area contributed by atoms with E-state index in [0.29, 0.717) is 16.8 Å². The lowest BCUT2D eigenvalue weighted by molar-refractivity contribution is -0.0502. The lowest BCUT2D eigenvalue weighted by atomic mass is 9.92. The zero-order valence-corrected chi connectivity index (χ0v) is 17.4. The van der Waals surface area contributed by atoms with Crippen molar-refractivity contribution in [3.8, 4) is 17.0 Å². The van der Waals surface area contributed by atoms with E-state index in [-0.39, 0.29) is 29.5 Å². The first-order valence-corrected chi connectivity index (χ1v) is 9.97. The van der Waals surface area contributed by atoms with Crippen LogP contribution in [0.2, 0.25) is 0 Å². The third-order valence-electron chi connectivity index (χ3n) is 5.90. The van der Waals surface area contributed by atoms with Crippen LogP contribution in [0.5, 0.6) is 5.75 Å². The van der Waals surface area contributed by atoms with Gasteiger partial charge in [-0.3, -0.25) is 14.5 Å². The molecule has 0 radical (unpaired) electrons. The molecule has 0 unspecified atom stereocenters. The quantitative estimate of drug-likeness (QED) is 0.698. The molecular weight excluding hydrogens is 394 g/mol. The van der Waals surface area contributed by atoms with Gasteiger partial charge in [-0.2, -0.15) is 8.78 Å². The first-order valence-electron chi connectivity index (χ1n) is 9.97. The number of carbonyl (C=O) groups is 1. The van der Waals surface area contributed by atoms with Crippen LogP contribution < -0.4 is 15.2 Å². The summed E-state index contributed by atoms with van der Waals surface area (Å²) in [4.78, 5) is 25.0. The molecule has 0 saturated carbocycles. The number of halogens is 2. The maximum absolute atomic E-state index is 12.9. The second kappa shape index (κ2) is 7.11. The summed E-state index contributed by atoms with van der Waals surface area (Å²) in [6, 6.07) is 4.78. The fraction of sp³-hybridized carbons (Fsp3) is 0.455. The molecule has 0 amide bonds. The molecule has 0 bridgehead atoms. The van der Waals surface area contributed by atoms with E-state index in [0.717, 1.165) is 18.4 Å². The highest BCUT2D eigenvalue weighted by Gasteiger charge is 2.45. The molecule has 3 heterocycles. The highest BCUT2D eigenvalue weighted by molar-refractivity contribution is 5.89. The fourth-order valence-electron chi connectivity index (χ4n) is 4.57. The van der Waals surface area contributed by atoms with Gasteiger partial charge in [-0.05, 0) is 63.8 Å². The van der Waals surface area contributed by atoms with Crippen LogP contribution in [0.3, 0.4) is 0 Å². The molecule has 30 heavy (non-hydrogen) atoms. The molecule has 2 aliphatic heterocycles. The summed E-state index contributed by atoms with van der Waals surface area (Å²) >= 11 is 0. The maximum atomic E-state index is 12.9. The molecule has 1 aromatic carbocycles. The number of ether oxygens (including phenoxy) is 2. The molecule has 2 aromatic rings. The molecule has 1 fully saturated rings. The SMILES string of the molecule is CCOC(=O)c1cn2c(cc1=O)-c1cc(OC(F)F)c(C)cc1[C@H]1CCC(C)(C)N12. The number of hydrogen-bond donors (Lipinski definition) is 0. The van der Waals surface area contributed by atoms with Gasteiger partial charge in [-0.15, -0.1) is 0 Å². The molecule has 0 N–H and O–H groups in total. The third kappa shape index (κ3) is 3.14. The van der Waals surface area contributed by atoms with Gasteiger partial charge in [0.15, 0.2) is 5.43 Å². The molecule has 0 aliphatic carbocycles. The summed E-state index contributed by atoms with van der Waals surface area (Å²) in [7, 11) is 0. The largest absolute Gasteiger partial charge is 0.462 e. The van der Waals surface area contributed by atoms with Crippen molar-refractivity contribution in [2.24, 2.45) is 0 Å². The van der Waals surface area contributed by atoms with Crippen LogP contribution in [0.15, 0.2) is 29.2 Å². The van der Waals surface area contributed by atoms with Gasteiger partial charge in [0.05, 0.1) is 23.9 Å². The van der Waals surface area contributed by atoms with E-state index >= 15 is 0 Å². The van der Waals surface area contributed by atoms with Crippen LogP contribution in [-0.4, -0.2) is 29.4 Å². The Morgan fingerprint density at radius 1 is 1.30 bits per heavy atom. The molecule has 2 aliphatic rings. The second-order valence-corrected chi connectivity index (χ2v) is 8.30. The first-order chi connectivity index (χ1) is 14.1. The highest BCUT2D eigenvalue weighted by Crippen LogP contribution is 2.49. The standard InChI is InChI=1S/C22H24F2N2O4/c1-5-29-20(28)15-11-25-17(10-18(15)27)14-9-19(30-21(23)24)12(2)8-13(14)16-6-7-22(3,4)26(16)25/h8-11,16,21H,5-7H2,1-4H3/t16-/m1/s1. The van der Waals surface area contributed by atoms with Crippen molar-refractivity contribution in [1.29, 1.82) is 0 Å². The van der Waals surface area contributed by atoms with E-state index < -0.39 is 18.0 Å². The molecule has 0 spiro atoms. The Kier molecular flexibility index (Phi) is 4.83. The van der Waals surface area contributed by atoms with Crippen molar-refractivity contribution in [3.05, 3.63) is 51.3 Å². The molecule has 6 nitrogen and oxygen atoms in total. The number of carbonyl (C=O) groups excluding carboxylic acids is 1. The number of rotatable bonds is 4. The Labute approximate surface area is 173 Å². The van der Waals surface area contributed by atoms with E-state index in [2.05, 4.69) is 18.9 Å². The molecular formula is C22H24F2N2O4. The lowest BCUT2D eigenvalue weighted by Crippen LogP contribution is -2.50. The van der Waals surface area contributed by atoms with Crippen LogP contribution in [0.25, 0.3) is 11.3 Å². The van der Waals surface area contributed by atoms with Crippen LogP contribution >= 0.6 is 0 Å². The van der Waals surface area contributed by atoms with Crippen molar-refractivity contribution in [1.82, 2.24) is 4.68 Å². The summed E-state index contributed by atoms with van der Waals surface area (Å²) < 4.78 is 37.3. The normalized spacial score (nSPS) is 18.6. The van der Waals surface area contributed by atoms with E-state index in [1.807, 2.05) is 6.07 Å². The van der Waals surface area contributed by atoms with Gasteiger partial charge in [0.2, 0.25) is 0 Å². The van der Waals surface area contributed by atoms with E-state index in [4.69, 9.17) is 9.47 Å². The minimum Gasteiger partial charge on any atom is -0.462 e. The van der Waals surface area contributed by atoms with Crippen LogP contribution in [-0.2, 0) is 4.74 Å². The zero-order valence-electron chi connectivity index (χ0n) is 17.4. The number of fused-ring (bicyclic) bond motifs is 6. The van der Waals surface area contributed by atoms with E-state index in [9.17, 15) is 18.4 Å². The van der Waals surface area contributed by atoms with Gasteiger partial charge in [0.25, 0.3) is 0 Å². The van der Waals surface area contributed by atoms with Gasteiger partial charge in [0.1, 0.15) is 11.3 Å². The second-order valence-electron chi connectivity index (χ2n) is 8.30. The highest BCUT2D eigenvalue weighted by atomic mass is 19.3. The van der Waals surface area contributed by atoms with Crippen molar-refractivity contribution < 1.29 is 23.0 Å². The summed E-state index contributed by atoms with van der Waals surface area (Å²) in [5.74, 6) is -0.606. The molecule has 160 valence electrons. The van der Waals surface area contributed by atoms with Gasteiger partial charge >= 0.3 is 12.6 Å². The monoisotopic (exact) mass is 418 g/mol. The average molecular weight is 418 g/mol. The van der Waals surface area contributed by atoms with E-state index in [1.165, 1.54) is 12.3 Å². The number of nitrogens with zero attached hydrogens (tertiary/aromatic N) is 2. The number of alkyl halides is 2. The topological polar surface area (TPSA) is 60.8 Å². The Hall–Kier alpha value is -2.90. The van der Waals surface area contributed by atoms with Crippen molar-refractivity contribution in [2.75, 3.05) is 11.6 Å². The van der Waals surface area contributed by atoms with Crippen LogP contribution in [0.4, 0.5) is 8.78 Å². The summed E-state index contributed by atoms with van der Waals surface area (Å²) in [5, 5.41) is 2.15. The number of aromatic nitrogens is 1. The summed E-state index contributed by atoms with van der Waals surface area (Å²) in [6.45, 7) is 4.83. The predicted octanol–water partition coefficient (Wildman–Crippen LogP) is 4.17. The maximum Gasteiger partial charge on any atom is 0.387 e. The summed E-state index contributed by atoms with van der Waals surface area (Å²) in [5.41, 5.74) is 2.00. The number of benzene rings is 1. The number of hydrogen-bond acceptors (Lipinski definition) is 5. The van der Waals surface area contributed by atoms with Gasteiger partial charge < -0.3 is 9.47 Å². The van der Waals surface area contributed by atoms with Crippen LogP contribution in [0.1, 0.15) is 61.1 Å². The van der Waals surface area contributed by atoms with Gasteiger partial charge in [-0.25, -0.2) is 4.79 Å². The Balaban J connectivity index is 1.97. The molecule has 4 rings (SSSR count). The Morgan fingerprint density at radius 2 is 2.03 bits per heavy atom. The molecule has 1 saturated heterocycles. The number of aryl methyl sites for hydroxylation is 1. The molecule has 1 aromatic heterocycles. The van der Waals surface area contributed by atoms with Gasteiger partial charge in [0, 0.05) is 17.8 Å².